The SMILES string of the molecule is Cn1nc(-c2ccccc2)cc1N1CC(CN)CC1=O. The maximum absolute atomic E-state index is 12.1. The molecule has 5 nitrogen and oxygen atoms in total. The highest BCUT2D eigenvalue weighted by Crippen LogP contribution is 2.28. The van der Waals surface area contributed by atoms with E-state index in [-0.39, 0.29) is 11.8 Å². The van der Waals surface area contributed by atoms with Gasteiger partial charge in [0.15, 0.2) is 0 Å². The van der Waals surface area contributed by atoms with E-state index in [9.17, 15) is 4.79 Å². The summed E-state index contributed by atoms with van der Waals surface area (Å²) in [4.78, 5) is 13.9. The Morgan fingerprint density at radius 1 is 1.35 bits per heavy atom. The van der Waals surface area contributed by atoms with Gasteiger partial charge in [0.05, 0.1) is 5.69 Å². The third-order valence-electron chi connectivity index (χ3n) is 3.74. The van der Waals surface area contributed by atoms with Crippen molar-refractivity contribution in [3.05, 3.63) is 36.4 Å². The van der Waals surface area contributed by atoms with Crippen molar-refractivity contribution in [3.8, 4) is 11.3 Å². The van der Waals surface area contributed by atoms with Crippen LogP contribution in [0.4, 0.5) is 5.82 Å². The van der Waals surface area contributed by atoms with E-state index in [1.165, 1.54) is 0 Å². The van der Waals surface area contributed by atoms with Crippen molar-refractivity contribution in [2.75, 3.05) is 18.0 Å². The molecule has 0 spiro atoms. The van der Waals surface area contributed by atoms with E-state index in [1.807, 2.05) is 43.4 Å². The second-order valence-corrected chi connectivity index (χ2v) is 5.19. The van der Waals surface area contributed by atoms with Crippen LogP contribution in [0, 0.1) is 5.92 Å². The van der Waals surface area contributed by atoms with Crippen molar-refractivity contribution in [1.29, 1.82) is 0 Å². The van der Waals surface area contributed by atoms with Gasteiger partial charge < -0.3 is 5.73 Å². The van der Waals surface area contributed by atoms with Gasteiger partial charge in [0, 0.05) is 31.6 Å². The molecule has 0 aliphatic carbocycles. The Hall–Kier alpha value is -2.14. The van der Waals surface area contributed by atoms with E-state index >= 15 is 0 Å². The van der Waals surface area contributed by atoms with Gasteiger partial charge in [0.1, 0.15) is 5.82 Å². The lowest BCUT2D eigenvalue weighted by molar-refractivity contribution is -0.117. The minimum atomic E-state index is 0.128. The van der Waals surface area contributed by atoms with Crippen LogP contribution in [-0.2, 0) is 11.8 Å². The molecule has 5 heteroatoms. The van der Waals surface area contributed by atoms with Crippen LogP contribution in [0.5, 0.6) is 0 Å². The lowest BCUT2D eigenvalue weighted by Crippen LogP contribution is -2.27. The predicted octanol–water partition coefficient (Wildman–Crippen LogP) is 1.40. The topological polar surface area (TPSA) is 64.2 Å². The number of aromatic nitrogens is 2. The number of benzene rings is 1. The number of aryl methyl sites for hydroxylation is 1. The zero-order valence-corrected chi connectivity index (χ0v) is 11.5. The summed E-state index contributed by atoms with van der Waals surface area (Å²) in [5.74, 6) is 1.21. The summed E-state index contributed by atoms with van der Waals surface area (Å²) in [6, 6.07) is 11.9. The number of nitrogens with two attached hydrogens (primary N) is 1. The molecule has 2 aromatic rings. The Balaban J connectivity index is 1.92. The molecule has 1 aliphatic heterocycles. The highest BCUT2D eigenvalue weighted by Gasteiger charge is 2.31. The second kappa shape index (κ2) is 5.09. The molecule has 2 heterocycles. The van der Waals surface area contributed by atoms with Gasteiger partial charge in [-0.2, -0.15) is 5.10 Å². The van der Waals surface area contributed by atoms with Crippen LogP contribution in [-0.4, -0.2) is 28.8 Å². The minimum Gasteiger partial charge on any atom is -0.330 e. The molecule has 104 valence electrons. The van der Waals surface area contributed by atoms with Gasteiger partial charge in [-0.25, -0.2) is 0 Å². The summed E-state index contributed by atoms with van der Waals surface area (Å²) in [6.45, 7) is 1.23. The standard InChI is InChI=1S/C15H18N4O/c1-18-14(19-10-11(9-16)7-15(19)20)8-13(17-18)12-5-3-2-4-6-12/h2-6,8,11H,7,9-10,16H2,1H3. The van der Waals surface area contributed by atoms with Gasteiger partial charge in [-0.1, -0.05) is 30.3 Å². The maximum atomic E-state index is 12.1. The summed E-state index contributed by atoms with van der Waals surface area (Å²) in [5.41, 5.74) is 7.60. The quantitative estimate of drug-likeness (QED) is 0.917. The number of carbonyl (C=O) groups excluding carboxylic acids is 1. The van der Waals surface area contributed by atoms with Crippen molar-refractivity contribution < 1.29 is 4.79 Å². The molecule has 1 aliphatic rings. The number of amides is 1. The van der Waals surface area contributed by atoms with Gasteiger partial charge >= 0.3 is 0 Å². The molecular formula is C15H18N4O. The van der Waals surface area contributed by atoms with Crippen molar-refractivity contribution in [3.63, 3.8) is 0 Å². The Labute approximate surface area is 118 Å². The number of hydrogen-bond acceptors (Lipinski definition) is 3. The fraction of sp³-hybridized carbons (Fsp3) is 0.333. The van der Waals surface area contributed by atoms with Crippen LogP contribution in [0.25, 0.3) is 11.3 Å². The number of anilines is 1. The van der Waals surface area contributed by atoms with Gasteiger partial charge in [-0.05, 0) is 12.5 Å². The summed E-state index contributed by atoms with van der Waals surface area (Å²) >= 11 is 0. The molecule has 0 radical (unpaired) electrons. The highest BCUT2D eigenvalue weighted by molar-refractivity contribution is 5.95. The average Bonchev–Trinajstić information content (AvgIpc) is 3.02. The monoisotopic (exact) mass is 270 g/mol. The third-order valence-corrected chi connectivity index (χ3v) is 3.74. The van der Waals surface area contributed by atoms with E-state index in [0.29, 0.717) is 19.5 Å². The predicted molar refractivity (Wildman–Crippen MR) is 78.2 cm³/mol. The fourth-order valence-electron chi connectivity index (χ4n) is 2.62. The Morgan fingerprint density at radius 2 is 2.10 bits per heavy atom. The second-order valence-electron chi connectivity index (χ2n) is 5.19. The van der Waals surface area contributed by atoms with Crippen LogP contribution in [0.15, 0.2) is 36.4 Å². The smallest absolute Gasteiger partial charge is 0.228 e. The van der Waals surface area contributed by atoms with Crippen LogP contribution in [0.2, 0.25) is 0 Å². The molecule has 1 saturated heterocycles. The number of nitrogens with zero attached hydrogens (tertiary/aromatic N) is 3. The molecule has 1 atom stereocenters. The van der Waals surface area contributed by atoms with E-state index in [0.717, 1.165) is 17.1 Å². The lowest BCUT2D eigenvalue weighted by Gasteiger charge is -2.15. The minimum absolute atomic E-state index is 0.128. The molecule has 3 rings (SSSR count). The molecule has 2 N–H and O–H groups in total. The Morgan fingerprint density at radius 3 is 2.75 bits per heavy atom. The first-order valence-electron chi connectivity index (χ1n) is 6.79. The Bertz CT molecular complexity index is 620. The van der Waals surface area contributed by atoms with Crippen molar-refractivity contribution in [2.45, 2.75) is 6.42 Å². The van der Waals surface area contributed by atoms with Crippen molar-refractivity contribution in [2.24, 2.45) is 18.7 Å². The molecule has 1 aromatic carbocycles. The van der Waals surface area contributed by atoms with Crippen LogP contribution < -0.4 is 10.6 Å². The molecule has 1 fully saturated rings. The van der Waals surface area contributed by atoms with Crippen LogP contribution in [0.1, 0.15) is 6.42 Å². The normalized spacial score (nSPS) is 18.8. The van der Waals surface area contributed by atoms with E-state index in [1.54, 1.807) is 9.58 Å². The summed E-state index contributed by atoms with van der Waals surface area (Å²) in [5, 5.41) is 4.50. The highest BCUT2D eigenvalue weighted by atomic mass is 16.2. The summed E-state index contributed by atoms with van der Waals surface area (Å²) < 4.78 is 1.76. The third kappa shape index (κ3) is 2.20. The average molecular weight is 270 g/mol. The Kier molecular flexibility index (Phi) is 3.28. The van der Waals surface area contributed by atoms with Crippen molar-refractivity contribution >= 4 is 11.7 Å². The fourth-order valence-corrected chi connectivity index (χ4v) is 2.62. The van der Waals surface area contributed by atoms with Gasteiger partial charge in [-0.3, -0.25) is 14.4 Å². The number of hydrogen-bond donors (Lipinski definition) is 1. The maximum Gasteiger partial charge on any atom is 0.228 e. The lowest BCUT2D eigenvalue weighted by atomic mass is 10.1. The van der Waals surface area contributed by atoms with E-state index in [4.69, 9.17) is 5.73 Å². The van der Waals surface area contributed by atoms with Gasteiger partial charge in [0.25, 0.3) is 0 Å². The van der Waals surface area contributed by atoms with Crippen molar-refractivity contribution in [1.82, 2.24) is 9.78 Å². The summed E-state index contributed by atoms with van der Waals surface area (Å²) in [7, 11) is 1.87. The molecular weight excluding hydrogens is 252 g/mol. The summed E-state index contributed by atoms with van der Waals surface area (Å²) in [6.07, 6.45) is 0.530. The van der Waals surface area contributed by atoms with Gasteiger partial charge in [-0.15, -0.1) is 0 Å². The van der Waals surface area contributed by atoms with E-state index in [2.05, 4.69) is 5.10 Å². The molecule has 1 unspecified atom stereocenters. The van der Waals surface area contributed by atoms with E-state index < -0.39 is 0 Å². The first-order valence-corrected chi connectivity index (χ1v) is 6.79. The molecule has 0 saturated carbocycles. The van der Waals surface area contributed by atoms with Gasteiger partial charge in [0.2, 0.25) is 5.91 Å². The molecule has 1 aromatic heterocycles. The number of rotatable bonds is 3. The van der Waals surface area contributed by atoms with Crippen LogP contribution >= 0.6 is 0 Å². The van der Waals surface area contributed by atoms with Crippen LogP contribution in [0.3, 0.4) is 0 Å². The largest absolute Gasteiger partial charge is 0.330 e. The molecule has 20 heavy (non-hydrogen) atoms. The zero-order chi connectivity index (χ0) is 14.1. The first kappa shape index (κ1) is 12.9. The molecule has 1 amide bonds. The first-order chi connectivity index (χ1) is 9.69. The number of carbonyl (C=O) groups is 1. The zero-order valence-electron chi connectivity index (χ0n) is 11.5. The molecule has 0 bridgehead atoms.